The van der Waals surface area contributed by atoms with Crippen LogP contribution in [0.5, 0.6) is 0 Å². The summed E-state index contributed by atoms with van der Waals surface area (Å²) in [5, 5.41) is 3.03. The first-order chi connectivity index (χ1) is 11.1. The molecule has 23 heavy (non-hydrogen) atoms. The van der Waals surface area contributed by atoms with Crippen molar-refractivity contribution in [3.05, 3.63) is 65.6 Å². The smallest absolute Gasteiger partial charge is 0.242 e. The molecule has 1 aromatic carbocycles. The zero-order chi connectivity index (χ0) is 16.4. The van der Waals surface area contributed by atoms with Gasteiger partial charge in [0.15, 0.2) is 0 Å². The molecule has 0 bridgehead atoms. The number of benzene rings is 1. The Morgan fingerprint density at radius 3 is 2.83 bits per heavy atom. The molecule has 0 radical (unpaired) electrons. The molecule has 3 rings (SSSR count). The van der Waals surface area contributed by atoms with Crippen LogP contribution in [0.1, 0.15) is 16.7 Å². The monoisotopic (exact) mass is 311 g/mol. The van der Waals surface area contributed by atoms with Gasteiger partial charge in [0.25, 0.3) is 0 Å². The zero-order valence-corrected chi connectivity index (χ0v) is 13.0. The van der Waals surface area contributed by atoms with Crippen molar-refractivity contribution in [3.63, 3.8) is 0 Å². The molecule has 1 aliphatic heterocycles. The van der Waals surface area contributed by atoms with Gasteiger partial charge in [0.1, 0.15) is 11.6 Å². The standard InChI is InChI=1S/C18H18FN3O/c1-12-9-15(19)4-5-16(12)13(2)14-3-6-17(21-10-14)22-8-7-20-11-18(22)23/h3-6,9-10,20H,2,7-8,11H2,1H3. The Morgan fingerprint density at radius 1 is 1.35 bits per heavy atom. The van der Waals surface area contributed by atoms with Crippen LogP contribution in [0.2, 0.25) is 0 Å². The summed E-state index contributed by atoms with van der Waals surface area (Å²) >= 11 is 0. The molecule has 2 aromatic rings. The van der Waals surface area contributed by atoms with E-state index in [2.05, 4.69) is 16.9 Å². The minimum atomic E-state index is -0.259. The molecule has 0 unspecified atom stereocenters. The highest BCUT2D eigenvalue weighted by atomic mass is 19.1. The van der Waals surface area contributed by atoms with E-state index in [0.717, 1.165) is 28.8 Å². The maximum Gasteiger partial charge on any atom is 0.242 e. The highest BCUT2D eigenvalue weighted by Crippen LogP contribution is 2.25. The SMILES string of the molecule is C=C(c1ccc(N2CCNCC2=O)nc1)c1ccc(F)cc1C. The first-order valence-corrected chi connectivity index (χ1v) is 7.49. The van der Waals surface area contributed by atoms with E-state index in [1.807, 2.05) is 19.1 Å². The molecule has 0 atom stereocenters. The Hall–Kier alpha value is -2.53. The minimum Gasteiger partial charge on any atom is -0.307 e. The second-order valence-corrected chi connectivity index (χ2v) is 5.57. The summed E-state index contributed by atoms with van der Waals surface area (Å²) in [4.78, 5) is 17.9. The molecule has 1 aromatic heterocycles. The minimum absolute atomic E-state index is 0.0182. The molecular formula is C18H18FN3O. The van der Waals surface area contributed by atoms with Gasteiger partial charge in [0.05, 0.1) is 6.54 Å². The molecular weight excluding hydrogens is 293 g/mol. The van der Waals surface area contributed by atoms with Crippen molar-refractivity contribution in [2.75, 3.05) is 24.5 Å². The fraction of sp³-hybridized carbons (Fsp3) is 0.222. The van der Waals surface area contributed by atoms with Crippen molar-refractivity contribution in [1.82, 2.24) is 10.3 Å². The molecule has 1 saturated heterocycles. The van der Waals surface area contributed by atoms with Gasteiger partial charge in [-0.2, -0.15) is 0 Å². The number of nitrogens with zero attached hydrogens (tertiary/aromatic N) is 2. The summed E-state index contributed by atoms with van der Waals surface area (Å²) in [6.07, 6.45) is 1.70. The first kappa shape index (κ1) is 15.4. The summed E-state index contributed by atoms with van der Waals surface area (Å²) in [5.74, 6) is 0.401. The second kappa shape index (κ2) is 6.30. The maximum absolute atomic E-state index is 13.2. The summed E-state index contributed by atoms with van der Waals surface area (Å²) < 4.78 is 13.2. The summed E-state index contributed by atoms with van der Waals surface area (Å²) in [6, 6.07) is 8.35. The molecule has 1 aliphatic rings. The van der Waals surface area contributed by atoms with Gasteiger partial charge >= 0.3 is 0 Å². The van der Waals surface area contributed by atoms with E-state index in [9.17, 15) is 9.18 Å². The molecule has 0 saturated carbocycles. The number of carbonyl (C=O) groups excluding carboxylic acids is 1. The van der Waals surface area contributed by atoms with Gasteiger partial charge in [-0.15, -0.1) is 0 Å². The van der Waals surface area contributed by atoms with Crippen LogP contribution in [0.4, 0.5) is 10.2 Å². The molecule has 4 nitrogen and oxygen atoms in total. The number of piperazine rings is 1. The second-order valence-electron chi connectivity index (χ2n) is 5.57. The summed E-state index contributed by atoms with van der Waals surface area (Å²) in [6.45, 7) is 7.65. The number of hydrogen-bond acceptors (Lipinski definition) is 3. The molecule has 118 valence electrons. The third-order valence-electron chi connectivity index (χ3n) is 3.98. The van der Waals surface area contributed by atoms with Crippen LogP contribution >= 0.6 is 0 Å². The lowest BCUT2D eigenvalue weighted by atomic mass is 9.97. The van der Waals surface area contributed by atoms with E-state index in [0.29, 0.717) is 18.9 Å². The Morgan fingerprint density at radius 2 is 2.17 bits per heavy atom. The van der Waals surface area contributed by atoms with E-state index in [-0.39, 0.29) is 11.7 Å². The van der Waals surface area contributed by atoms with Crippen LogP contribution in [0.3, 0.4) is 0 Å². The van der Waals surface area contributed by atoms with Crippen LogP contribution in [0, 0.1) is 12.7 Å². The molecule has 5 heteroatoms. The Labute approximate surface area is 134 Å². The van der Waals surface area contributed by atoms with Crippen molar-refractivity contribution in [1.29, 1.82) is 0 Å². The van der Waals surface area contributed by atoms with Crippen LogP contribution < -0.4 is 10.2 Å². The van der Waals surface area contributed by atoms with Crippen molar-refractivity contribution >= 4 is 17.3 Å². The molecule has 1 amide bonds. The normalized spacial score (nSPS) is 14.9. The maximum atomic E-state index is 13.2. The first-order valence-electron chi connectivity index (χ1n) is 7.49. The average Bonchev–Trinajstić information content (AvgIpc) is 2.55. The van der Waals surface area contributed by atoms with Gasteiger partial charge < -0.3 is 5.32 Å². The Bertz CT molecular complexity index is 755. The number of carbonyl (C=O) groups is 1. The van der Waals surface area contributed by atoms with E-state index >= 15 is 0 Å². The fourth-order valence-corrected chi connectivity index (χ4v) is 2.69. The van der Waals surface area contributed by atoms with Gasteiger partial charge in [-0.25, -0.2) is 9.37 Å². The van der Waals surface area contributed by atoms with Gasteiger partial charge in [0.2, 0.25) is 5.91 Å². The third kappa shape index (κ3) is 3.14. The number of rotatable bonds is 3. The Kier molecular flexibility index (Phi) is 4.21. The number of aryl methyl sites for hydroxylation is 1. The van der Waals surface area contributed by atoms with Gasteiger partial charge in [-0.1, -0.05) is 12.6 Å². The van der Waals surface area contributed by atoms with Crippen LogP contribution in [0.25, 0.3) is 5.57 Å². The number of anilines is 1. The largest absolute Gasteiger partial charge is 0.307 e. The number of halogens is 1. The predicted octanol–water partition coefficient (Wildman–Crippen LogP) is 2.53. The van der Waals surface area contributed by atoms with Crippen molar-refractivity contribution in [2.45, 2.75) is 6.92 Å². The molecule has 1 N–H and O–H groups in total. The van der Waals surface area contributed by atoms with Crippen molar-refractivity contribution < 1.29 is 9.18 Å². The quantitative estimate of drug-likeness (QED) is 0.947. The fourth-order valence-electron chi connectivity index (χ4n) is 2.69. The van der Waals surface area contributed by atoms with E-state index in [1.165, 1.54) is 12.1 Å². The van der Waals surface area contributed by atoms with Gasteiger partial charge in [0, 0.05) is 24.8 Å². The van der Waals surface area contributed by atoms with Gasteiger partial charge in [-0.3, -0.25) is 9.69 Å². The lowest BCUT2D eigenvalue weighted by Gasteiger charge is -2.26. The number of aromatic nitrogens is 1. The van der Waals surface area contributed by atoms with E-state index in [1.54, 1.807) is 17.2 Å². The van der Waals surface area contributed by atoms with Crippen LogP contribution in [-0.2, 0) is 4.79 Å². The summed E-state index contributed by atoms with van der Waals surface area (Å²) in [5.41, 5.74) is 3.36. The zero-order valence-electron chi connectivity index (χ0n) is 13.0. The van der Waals surface area contributed by atoms with Crippen LogP contribution in [-0.4, -0.2) is 30.5 Å². The number of nitrogens with one attached hydrogen (secondary N) is 1. The summed E-state index contributed by atoms with van der Waals surface area (Å²) in [7, 11) is 0. The molecule has 2 heterocycles. The number of pyridine rings is 1. The molecule has 0 spiro atoms. The predicted molar refractivity (Wildman–Crippen MR) is 88.7 cm³/mol. The molecule has 1 fully saturated rings. The number of amides is 1. The van der Waals surface area contributed by atoms with Crippen molar-refractivity contribution in [2.24, 2.45) is 0 Å². The third-order valence-corrected chi connectivity index (χ3v) is 3.98. The van der Waals surface area contributed by atoms with E-state index < -0.39 is 0 Å². The van der Waals surface area contributed by atoms with Crippen LogP contribution in [0.15, 0.2) is 43.1 Å². The van der Waals surface area contributed by atoms with Gasteiger partial charge in [-0.05, 0) is 47.9 Å². The highest BCUT2D eigenvalue weighted by Gasteiger charge is 2.20. The Balaban J connectivity index is 1.84. The number of hydrogen-bond donors (Lipinski definition) is 1. The lowest BCUT2D eigenvalue weighted by Crippen LogP contribution is -2.48. The highest BCUT2D eigenvalue weighted by molar-refractivity contribution is 5.94. The van der Waals surface area contributed by atoms with Crippen molar-refractivity contribution in [3.8, 4) is 0 Å². The molecule has 0 aliphatic carbocycles. The lowest BCUT2D eigenvalue weighted by molar-refractivity contribution is -0.118. The average molecular weight is 311 g/mol. The van der Waals surface area contributed by atoms with E-state index in [4.69, 9.17) is 0 Å². The topological polar surface area (TPSA) is 45.2 Å².